The predicted molar refractivity (Wildman–Crippen MR) is 254 cm³/mol. The second-order valence-corrected chi connectivity index (χ2v) is 15.5. The molecule has 62 heavy (non-hydrogen) atoms. The normalized spacial score (nSPS) is 11.5. The first-order valence-electron chi connectivity index (χ1n) is 20.9. The molecule has 0 aliphatic heterocycles. The molecule has 12 aromatic rings. The molecule has 0 N–H and O–H groups in total. The van der Waals surface area contributed by atoms with Gasteiger partial charge in [-0.25, -0.2) is 15.0 Å². The van der Waals surface area contributed by atoms with Crippen LogP contribution in [0.3, 0.4) is 0 Å². The highest BCUT2D eigenvalue weighted by Crippen LogP contribution is 2.45. The number of fused-ring (bicyclic) bond motifs is 6. The molecule has 5 nitrogen and oxygen atoms in total. The average molecular weight is 793 g/mol. The van der Waals surface area contributed by atoms with Crippen LogP contribution in [0.4, 0.5) is 0 Å². The lowest BCUT2D eigenvalue weighted by Crippen LogP contribution is -2.01. The van der Waals surface area contributed by atoms with Gasteiger partial charge in [0.15, 0.2) is 17.5 Å². The first kappa shape index (κ1) is 35.5. The van der Waals surface area contributed by atoms with Crippen molar-refractivity contribution in [2.75, 3.05) is 0 Å². The Balaban J connectivity index is 1.04. The molecule has 3 aromatic heterocycles. The van der Waals surface area contributed by atoms with Gasteiger partial charge >= 0.3 is 0 Å². The molecule has 0 saturated carbocycles. The summed E-state index contributed by atoms with van der Waals surface area (Å²) in [4.78, 5) is 15.1. The molecule has 12 rings (SSSR count). The van der Waals surface area contributed by atoms with E-state index in [1.165, 1.54) is 21.9 Å². The van der Waals surface area contributed by atoms with Gasteiger partial charge in [-0.15, -0.1) is 0 Å². The quantitative estimate of drug-likeness (QED) is 0.161. The van der Waals surface area contributed by atoms with Crippen molar-refractivity contribution in [1.82, 2.24) is 19.5 Å². The van der Waals surface area contributed by atoms with Gasteiger partial charge in [-0.1, -0.05) is 194 Å². The van der Waals surface area contributed by atoms with E-state index in [1.54, 1.807) is 0 Å². The highest BCUT2D eigenvalue weighted by molar-refractivity contribution is 6.20. The number of aromatic nitrogens is 4. The van der Waals surface area contributed by atoms with Gasteiger partial charge in [0.25, 0.3) is 0 Å². The number of benzene rings is 9. The molecule has 0 atom stereocenters. The van der Waals surface area contributed by atoms with Crippen molar-refractivity contribution in [2.24, 2.45) is 0 Å². The molecule has 290 valence electrons. The van der Waals surface area contributed by atoms with Gasteiger partial charge in [-0.05, 0) is 46.5 Å². The molecule has 0 aliphatic carbocycles. The summed E-state index contributed by atoms with van der Waals surface area (Å²) in [7, 11) is 0. The second kappa shape index (κ2) is 14.7. The van der Waals surface area contributed by atoms with Crippen molar-refractivity contribution in [3.63, 3.8) is 0 Å². The van der Waals surface area contributed by atoms with Gasteiger partial charge in [0, 0.05) is 55.0 Å². The summed E-state index contributed by atoms with van der Waals surface area (Å²) in [6, 6.07) is 76.3. The Morgan fingerprint density at radius 2 is 0.839 bits per heavy atom. The van der Waals surface area contributed by atoms with Crippen LogP contribution >= 0.6 is 0 Å². The maximum absolute atomic E-state index is 6.82. The van der Waals surface area contributed by atoms with E-state index < -0.39 is 0 Å². The fourth-order valence-electron chi connectivity index (χ4n) is 9.00. The molecular weight excluding hydrogens is 757 g/mol. The topological polar surface area (TPSA) is 56.7 Å². The molecule has 0 spiro atoms. The van der Waals surface area contributed by atoms with Gasteiger partial charge in [0.1, 0.15) is 11.2 Å². The first-order valence-corrected chi connectivity index (χ1v) is 20.9. The number of para-hydroxylation sites is 3. The summed E-state index contributed by atoms with van der Waals surface area (Å²) in [5, 5.41) is 4.53. The minimum Gasteiger partial charge on any atom is -0.455 e. The summed E-state index contributed by atoms with van der Waals surface area (Å²) < 4.78 is 9.21. The van der Waals surface area contributed by atoms with E-state index in [2.05, 4.69) is 156 Å². The number of hydrogen-bond acceptors (Lipinski definition) is 4. The van der Waals surface area contributed by atoms with E-state index in [1.807, 2.05) is 66.7 Å². The lowest BCUT2D eigenvalue weighted by molar-refractivity contribution is 0.670. The highest BCUT2D eigenvalue weighted by Gasteiger charge is 2.22. The zero-order chi connectivity index (χ0) is 41.0. The highest BCUT2D eigenvalue weighted by atomic mass is 16.3. The van der Waals surface area contributed by atoms with E-state index in [-0.39, 0.29) is 0 Å². The zero-order valence-corrected chi connectivity index (χ0v) is 33.5. The molecule has 0 radical (unpaired) electrons. The Morgan fingerprint density at radius 1 is 0.339 bits per heavy atom. The summed E-state index contributed by atoms with van der Waals surface area (Å²) in [5.74, 6) is 1.87. The van der Waals surface area contributed by atoms with Crippen LogP contribution in [0.5, 0.6) is 0 Å². The van der Waals surface area contributed by atoms with Crippen molar-refractivity contribution < 1.29 is 4.42 Å². The maximum atomic E-state index is 6.82. The van der Waals surface area contributed by atoms with Crippen molar-refractivity contribution in [1.29, 1.82) is 0 Å². The zero-order valence-electron chi connectivity index (χ0n) is 33.5. The standard InChI is InChI=1S/C57H36N4O/c1-4-16-37(17-5-1)38-32-34-39(35-33-38)44-25-13-29-49-52-46(26-15-31-51(52)62-54(44)49)48-28-14-27-47-45-24-10-11-30-50(45)61(53(47)48)43-23-12-22-42(36-43)57-59-55(40-18-6-2-7-19-40)58-56(60-57)41-20-8-3-9-21-41/h1-36H. The van der Waals surface area contributed by atoms with E-state index in [4.69, 9.17) is 19.4 Å². The van der Waals surface area contributed by atoms with Crippen LogP contribution in [-0.2, 0) is 0 Å². The largest absolute Gasteiger partial charge is 0.455 e. The third-order valence-corrected chi connectivity index (χ3v) is 11.9. The van der Waals surface area contributed by atoms with Crippen molar-refractivity contribution in [3.05, 3.63) is 218 Å². The maximum Gasteiger partial charge on any atom is 0.164 e. The Morgan fingerprint density at radius 3 is 1.55 bits per heavy atom. The molecule has 0 unspecified atom stereocenters. The summed E-state index contributed by atoms with van der Waals surface area (Å²) in [6.45, 7) is 0. The van der Waals surface area contributed by atoms with Gasteiger partial charge < -0.3 is 8.98 Å². The molecular formula is C57H36N4O. The minimum atomic E-state index is 0.612. The van der Waals surface area contributed by atoms with E-state index in [0.29, 0.717) is 17.5 Å². The first-order chi connectivity index (χ1) is 30.7. The lowest BCUT2D eigenvalue weighted by atomic mass is 9.95. The second-order valence-electron chi connectivity index (χ2n) is 15.5. The van der Waals surface area contributed by atoms with Crippen LogP contribution < -0.4 is 0 Å². The molecule has 0 fully saturated rings. The monoisotopic (exact) mass is 792 g/mol. The van der Waals surface area contributed by atoms with Crippen LogP contribution in [0.15, 0.2) is 223 Å². The van der Waals surface area contributed by atoms with Crippen molar-refractivity contribution in [2.45, 2.75) is 0 Å². The van der Waals surface area contributed by atoms with Crippen LogP contribution in [-0.4, -0.2) is 19.5 Å². The fraction of sp³-hybridized carbons (Fsp3) is 0. The van der Waals surface area contributed by atoms with E-state index >= 15 is 0 Å². The lowest BCUT2D eigenvalue weighted by Gasteiger charge is -2.14. The van der Waals surface area contributed by atoms with Gasteiger partial charge in [-0.2, -0.15) is 0 Å². The number of rotatable bonds is 7. The SMILES string of the molecule is c1ccc(-c2ccc(-c3cccc4c3oc3cccc(-c5cccc6c7ccccc7n(-c7cccc(-c8nc(-c9ccccc9)nc(-c9ccccc9)n8)c7)c56)c34)cc2)cc1. The van der Waals surface area contributed by atoms with Crippen LogP contribution in [0, 0.1) is 0 Å². The molecule has 5 heteroatoms. The van der Waals surface area contributed by atoms with Crippen LogP contribution in [0.25, 0.3) is 117 Å². The van der Waals surface area contributed by atoms with Gasteiger partial charge in [-0.3, -0.25) is 0 Å². The average Bonchev–Trinajstić information content (AvgIpc) is 3.91. The van der Waals surface area contributed by atoms with E-state index in [0.717, 1.165) is 77.6 Å². The van der Waals surface area contributed by atoms with Crippen LogP contribution in [0.1, 0.15) is 0 Å². The Bertz CT molecular complexity index is 3550. The van der Waals surface area contributed by atoms with Gasteiger partial charge in [0.2, 0.25) is 0 Å². The predicted octanol–water partition coefficient (Wildman–Crippen LogP) is 14.9. The summed E-state index contributed by atoms with van der Waals surface area (Å²) in [5.41, 5.74) is 14.5. The molecule has 9 aromatic carbocycles. The summed E-state index contributed by atoms with van der Waals surface area (Å²) in [6.07, 6.45) is 0. The molecule has 0 saturated heterocycles. The molecule has 3 heterocycles. The molecule has 0 bridgehead atoms. The minimum absolute atomic E-state index is 0.612. The Labute approximate surface area is 357 Å². The van der Waals surface area contributed by atoms with Crippen molar-refractivity contribution in [3.8, 4) is 73.2 Å². The van der Waals surface area contributed by atoms with Crippen LogP contribution in [0.2, 0.25) is 0 Å². The summed E-state index contributed by atoms with van der Waals surface area (Å²) >= 11 is 0. The fourth-order valence-corrected chi connectivity index (χ4v) is 9.00. The molecule has 0 amide bonds. The number of furan rings is 1. The molecule has 0 aliphatic rings. The smallest absolute Gasteiger partial charge is 0.164 e. The van der Waals surface area contributed by atoms with Gasteiger partial charge in [0.05, 0.1) is 11.0 Å². The Kier molecular flexibility index (Phi) is 8.42. The number of hydrogen-bond donors (Lipinski definition) is 0. The number of nitrogens with zero attached hydrogens (tertiary/aromatic N) is 4. The third kappa shape index (κ3) is 5.98. The van der Waals surface area contributed by atoms with Crippen molar-refractivity contribution >= 4 is 43.7 Å². The Hall–Kier alpha value is -8.41. The third-order valence-electron chi connectivity index (χ3n) is 11.9. The van der Waals surface area contributed by atoms with E-state index in [9.17, 15) is 0 Å².